The van der Waals surface area contributed by atoms with Crippen molar-refractivity contribution in [3.05, 3.63) is 35.9 Å². The molecule has 1 aliphatic carbocycles. The van der Waals surface area contributed by atoms with Crippen molar-refractivity contribution < 1.29 is 4.79 Å². The van der Waals surface area contributed by atoms with E-state index in [0.717, 1.165) is 25.7 Å². The van der Waals surface area contributed by atoms with Gasteiger partial charge in [0.25, 0.3) is 0 Å². The lowest BCUT2D eigenvalue weighted by atomic mass is 10.1. The van der Waals surface area contributed by atoms with E-state index in [4.69, 9.17) is 11.6 Å². The SMILES string of the molecule is O=C(CCCc1ccccc1)N(CCCl)C1CC1. The molecule has 0 atom stereocenters. The lowest BCUT2D eigenvalue weighted by molar-refractivity contribution is -0.131. The number of amides is 1. The summed E-state index contributed by atoms with van der Waals surface area (Å²) in [4.78, 5) is 14.0. The van der Waals surface area contributed by atoms with Gasteiger partial charge in [0.1, 0.15) is 0 Å². The zero-order chi connectivity index (χ0) is 12.8. The third-order valence-electron chi connectivity index (χ3n) is 3.33. The van der Waals surface area contributed by atoms with E-state index in [1.165, 1.54) is 5.56 Å². The molecule has 3 heteroatoms. The van der Waals surface area contributed by atoms with Crippen LogP contribution < -0.4 is 0 Å². The topological polar surface area (TPSA) is 20.3 Å². The minimum Gasteiger partial charge on any atom is -0.339 e. The molecule has 1 amide bonds. The summed E-state index contributed by atoms with van der Waals surface area (Å²) in [6.45, 7) is 0.705. The zero-order valence-corrected chi connectivity index (χ0v) is 11.4. The summed E-state index contributed by atoms with van der Waals surface area (Å²) >= 11 is 5.75. The highest BCUT2D eigenvalue weighted by molar-refractivity contribution is 6.18. The maximum atomic E-state index is 12.1. The van der Waals surface area contributed by atoms with Crippen LogP contribution in [0.4, 0.5) is 0 Å². The molecule has 0 bridgehead atoms. The van der Waals surface area contributed by atoms with Crippen LogP contribution in [0, 0.1) is 0 Å². The summed E-state index contributed by atoms with van der Waals surface area (Å²) < 4.78 is 0. The molecule has 18 heavy (non-hydrogen) atoms. The van der Waals surface area contributed by atoms with Crippen molar-refractivity contribution in [3.63, 3.8) is 0 Å². The number of hydrogen-bond acceptors (Lipinski definition) is 1. The Bertz CT molecular complexity index is 375. The predicted octanol–water partition coefficient (Wildman–Crippen LogP) is 3.24. The van der Waals surface area contributed by atoms with Gasteiger partial charge >= 0.3 is 0 Å². The van der Waals surface area contributed by atoms with Crippen LogP contribution in [0.3, 0.4) is 0 Å². The highest BCUT2D eigenvalue weighted by Gasteiger charge is 2.31. The summed E-state index contributed by atoms with van der Waals surface area (Å²) in [6, 6.07) is 10.8. The maximum Gasteiger partial charge on any atom is 0.222 e. The fourth-order valence-electron chi connectivity index (χ4n) is 2.22. The minimum absolute atomic E-state index is 0.272. The molecular weight excluding hydrogens is 246 g/mol. The average Bonchev–Trinajstić information content (AvgIpc) is 3.21. The molecule has 0 heterocycles. The molecule has 1 saturated carbocycles. The molecule has 2 rings (SSSR count). The van der Waals surface area contributed by atoms with Crippen LogP contribution in [-0.2, 0) is 11.2 Å². The summed E-state index contributed by atoms with van der Waals surface area (Å²) in [5.74, 6) is 0.815. The Balaban J connectivity index is 1.73. The number of carbonyl (C=O) groups is 1. The lowest BCUT2D eigenvalue weighted by Crippen LogP contribution is -2.34. The predicted molar refractivity (Wildman–Crippen MR) is 74.8 cm³/mol. The summed E-state index contributed by atoms with van der Waals surface area (Å²) in [5.41, 5.74) is 1.31. The van der Waals surface area contributed by atoms with Gasteiger partial charge in [-0.15, -0.1) is 11.6 Å². The number of aryl methyl sites for hydroxylation is 1. The summed E-state index contributed by atoms with van der Waals surface area (Å²) in [7, 11) is 0. The van der Waals surface area contributed by atoms with Crippen molar-refractivity contribution in [2.45, 2.75) is 38.1 Å². The van der Waals surface area contributed by atoms with E-state index >= 15 is 0 Å². The first-order valence-electron chi connectivity index (χ1n) is 6.70. The van der Waals surface area contributed by atoms with Gasteiger partial charge in [-0.25, -0.2) is 0 Å². The Hall–Kier alpha value is -1.02. The Morgan fingerprint density at radius 2 is 2.00 bits per heavy atom. The number of hydrogen-bond donors (Lipinski definition) is 0. The quantitative estimate of drug-likeness (QED) is 0.693. The molecule has 0 spiro atoms. The highest BCUT2D eigenvalue weighted by Crippen LogP contribution is 2.27. The van der Waals surface area contributed by atoms with Gasteiger partial charge in [0.15, 0.2) is 0 Å². The second kappa shape index (κ2) is 6.79. The molecule has 0 saturated heterocycles. The molecule has 0 N–H and O–H groups in total. The Morgan fingerprint density at radius 1 is 1.28 bits per heavy atom. The van der Waals surface area contributed by atoms with Gasteiger partial charge in [0.2, 0.25) is 5.91 Å². The van der Waals surface area contributed by atoms with Crippen molar-refractivity contribution in [2.75, 3.05) is 12.4 Å². The van der Waals surface area contributed by atoms with Crippen molar-refractivity contribution in [2.24, 2.45) is 0 Å². The standard InChI is InChI=1S/C15H20ClNO/c16-11-12-17(14-9-10-14)15(18)8-4-7-13-5-2-1-3-6-13/h1-3,5-6,14H,4,7-12H2. The van der Waals surface area contributed by atoms with Gasteiger partial charge < -0.3 is 4.90 Å². The molecule has 0 aliphatic heterocycles. The second-order valence-corrected chi connectivity index (χ2v) is 5.22. The van der Waals surface area contributed by atoms with E-state index in [0.29, 0.717) is 24.9 Å². The van der Waals surface area contributed by atoms with E-state index in [-0.39, 0.29) is 5.91 Å². The van der Waals surface area contributed by atoms with Gasteiger partial charge in [-0.2, -0.15) is 0 Å². The second-order valence-electron chi connectivity index (χ2n) is 4.85. The van der Waals surface area contributed by atoms with Crippen LogP contribution in [-0.4, -0.2) is 29.3 Å². The number of nitrogens with zero attached hydrogens (tertiary/aromatic N) is 1. The van der Waals surface area contributed by atoms with Gasteiger partial charge in [-0.1, -0.05) is 30.3 Å². The number of alkyl halides is 1. The van der Waals surface area contributed by atoms with Crippen LogP contribution in [0.1, 0.15) is 31.2 Å². The largest absolute Gasteiger partial charge is 0.339 e. The third-order valence-corrected chi connectivity index (χ3v) is 3.50. The van der Waals surface area contributed by atoms with E-state index in [1.54, 1.807) is 0 Å². The average molecular weight is 266 g/mol. The van der Waals surface area contributed by atoms with E-state index in [1.807, 2.05) is 23.1 Å². The molecule has 1 fully saturated rings. The van der Waals surface area contributed by atoms with Gasteiger partial charge in [0, 0.05) is 24.9 Å². The number of carbonyl (C=O) groups excluding carboxylic acids is 1. The van der Waals surface area contributed by atoms with Crippen LogP contribution in [0.5, 0.6) is 0 Å². The first-order valence-corrected chi connectivity index (χ1v) is 7.24. The molecule has 0 aromatic heterocycles. The van der Waals surface area contributed by atoms with Crippen LogP contribution in [0.25, 0.3) is 0 Å². The van der Waals surface area contributed by atoms with E-state index in [9.17, 15) is 4.79 Å². The van der Waals surface area contributed by atoms with Crippen molar-refractivity contribution >= 4 is 17.5 Å². The van der Waals surface area contributed by atoms with Gasteiger partial charge in [-0.05, 0) is 31.2 Å². The number of halogens is 1. The Morgan fingerprint density at radius 3 is 2.61 bits per heavy atom. The molecule has 2 nitrogen and oxygen atoms in total. The Kier molecular flexibility index (Phi) is 5.06. The van der Waals surface area contributed by atoms with Crippen LogP contribution in [0.2, 0.25) is 0 Å². The molecule has 98 valence electrons. The van der Waals surface area contributed by atoms with Crippen LogP contribution >= 0.6 is 11.6 Å². The fraction of sp³-hybridized carbons (Fsp3) is 0.533. The number of rotatable bonds is 7. The molecule has 0 unspecified atom stereocenters. The van der Waals surface area contributed by atoms with Gasteiger partial charge in [0.05, 0.1) is 0 Å². The molecule has 1 aromatic rings. The zero-order valence-electron chi connectivity index (χ0n) is 10.6. The monoisotopic (exact) mass is 265 g/mol. The Labute approximate surface area is 114 Å². The smallest absolute Gasteiger partial charge is 0.222 e. The summed E-state index contributed by atoms with van der Waals surface area (Å²) in [6.07, 6.45) is 4.85. The highest BCUT2D eigenvalue weighted by atomic mass is 35.5. The molecule has 1 aromatic carbocycles. The van der Waals surface area contributed by atoms with Crippen LogP contribution in [0.15, 0.2) is 30.3 Å². The van der Waals surface area contributed by atoms with Crippen molar-refractivity contribution in [1.82, 2.24) is 4.90 Å². The maximum absolute atomic E-state index is 12.1. The fourth-order valence-corrected chi connectivity index (χ4v) is 2.40. The van der Waals surface area contributed by atoms with Crippen molar-refractivity contribution in [3.8, 4) is 0 Å². The van der Waals surface area contributed by atoms with Crippen molar-refractivity contribution in [1.29, 1.82) is 0 Å². The first kappa shape index (κ1) is 13.4. The van der Waals surface area contributed by atoms with E-state index < -0.39 is 0 Å². The number of benzene rings is 1. The molecular formula is C15H20ClNO. The minimum atomic E-state index is 0.272. The first-order chi connectivity index (χ1) is 8.81. The van der Waals surface area contributed by atoms with Gasteiger partial charge in [-0.3, -0.25) is 4.79 Å². The molecule has 1 aliphatic rings. The third kappa shape index (κ3) is 4.02. The van der Waals surface area contributed by atoms with E-state index in [2.05, 4.69) is 12.1 Å². The molecule has 0 radical (unpaired) electrons. The lowest BCUT2D eigenvalue weighted by Gasteiger charge is -2.21. The summed E-state index contributed by atoms with van der Waals surface area (Å²) in [5, 5.41) is 0. The normalized spacial score (nSPS) is 14.5.